The van der Waals surface area contributed by atoms with E-state index in [9.17, 15) is 13.2 Å². The summed E-state index contributed by atoms with van der Waals surface area (Å²) in [6.45, 7) is 0.725. The molecular weight excluding hydrogens is 270 g/mol. The number of nitrogens with two attached hydrogens (primary N) is 1. The Morgan fingerprint density at radius 3 is 2.63 bits per heavy atom. The molecule has 106 valence electrons. The molecular formula is C11H17N3O4S. The van der Waals surface area contributed by atoms with Gasteiger partial charge in [0.1, 0.15) is 0 Å². The first-order chi connectivity index (χ1) is 8.79. The fourth-order valence-corrected chi connectivity index (χ4v) is 1.98. The summed E-state index contributed by atoms with van der Waals surface area (Å²) in [5.74, 6) is -1.04. The van der Waals surface area contributed by atoms with Gasteiger partial charge in [-0.25, -0.2) is 17.9 Å². The molecule has 0 atom stereocenters. The Bertz CT molecular complexity index is 557. The van der Waals surface area contributed by atoms with E-state index in [4.69, 9.17) is 10.8 Å². The van der Waals surface area contributed by atoms with Gasteiger partial charge in [-0.2, -0.15) is 0 Å². The maximum absolute atomic E-state index is 11.0. The molecule has 1 aromatic carbocycles. The first kappa shape index (κ1) is 15.3. The molecule has 0 amide bonds. The molecule has 0 aliphatic rings. The summed E-state index contributed by atoms with van der Waals surface area (Å²) in [6.07, 6.45) is 1.61. The second-order valence-corrected chi connectivity index (χ2v) is 5.89. The van der Waals surface area contributed by atoms with Crippen LogP contribution >= 0.6 is 0 Å². The molecule has 0 aliphatic carbocycles. The summed E-state index contributed by atoms with van der Waals surface area (Å²) in [5, 5.41) is 11.9. The van der Waals surface area contributed by atoms with Gasteiger partial charge in [-0.3, -0.25) is 0 Å². The number of anilines is 2. The highest BCUT2D eigenvalue weighted by atomic mass is 32.2. The van der Waals surface area contributed by atoms with E-state index in [0.717, 1.165) is 6.26 Å². The number of sulfonamides is 1. The minimum absolute atomic E-state index is 0.130. The van der Waals surface area contributed by atoms with Crippen molar-refractivity contribution in [1.82, 2.24) is 4.72 Å². The maximum atomic E-state index is 11.0. The normalized spacial score (nSPS) is 11.2. The van der Waals surface area contributed by atoms with Gasteiger partial charge in [-0.05, 0) is 24.6 Å². The van der Waals surface area contributed by atoms with Gasteiger partial charge in [0.2, 0.25) is 10.0 Å². The molecule has 0 heterocycles. The van der Waals surface area contributed by atoms with E-state index in [1.165, 1.54) is 18.2 Å². The lowest BCUT2D eigenvalue weighted by Gasteiger charge is -2.10. The first-order valence-electron chi connectivity index (χ1n) is 5.61. The molecule has 0 aliphatic heterocycles. The van der Waals surface area contributed by atoms with Crippen molar-refractivity contribution in [2.24, 2.45) is 0 Å². The van der Waals surface area contributed by atoms with Crippen LogP contribution in [-0.2, 0) is 10.0 Å². The molecule has 0 saturated carbocycles. The summed E-state index contributed by atoms with van der Waals surface area (Å²) < 4.78 is 24.0. The Balaban J connectivity index is 2.53. The van der Waals surface area contributed by atoms with Crippen LogP contribution in [0.15, 0.2) is 18.2 Å². The zero-order valence-corrected chi connectivity index (χ0v) is 11.3. The summed E-state index contributed by atoms with van der Waals surface area (Å²) in [5.41, 5.74) is 6.60. The van der Waals surface area contributed by atoms with Crippen LogP contribution in [0, 0.1) is 0 Å². The van der Waals surface area contributed by atoms with Crippen LogP contribution < -0.4 is 15.8 Å². The highest BCUT2D eigenvalue weighted by Gasteiger charge is 2.09. The van der Waals surface area contributed by atoms with Gasteiger partial charge in [-0.1, -0.05) is 0 Å². The fourth-order valence-electron chi connectivity index (χ4n) is 1.46. The zero-order valence-electron chi connectivity index (χ0n) is 10.5. The van der Waals surface area contributed by atoms with Gasteiger partial charge in [0.05, 0.1) is 17.5 Å². The van der Waals surface area contributed by atoms with Gasteiger partial charge >= 0.3 is 5.97 Å². The van der Waals surface area contributed by atoms with Crippen LogP contribution in [0.3, 0.4) is 0 Å². The standard InChI is InChI=1S/C11H17N3O4S/c1-19(17,18)14-6-2-5-13-10-7-8(12)3-4-9(10)11(15)16/h3-4,7,13-14H,2,5-6,12H2,1H3,(H,15,16). The Hall–Kier alpha value is -1.80. The second kappa shape index (κ2) is 6.39. The number of benzene rings is 1. The van der Waals surface area contributed by atoms with Crippen molar-refractivity contribution in [3.05, 3.63) is 23.8 Å². The van der Waals surface area contributed by atoms with Gasteiger partial charge in [0, 0.05) is 18.8 Å². The number of hydrogen-bond donors (Lipinski definition) is 4. The van der Waals surface area contributed by atoms with Crippen molar-refractivity contribution < 1.29 is 18.3 Å². The number of carboxylic acid groups (broad SMARTS) is 1. The van der Waals surface area contributed by atoms with Crippen LogP contribution in [0.25, 0.3) is 0 Å². The lowest BCUT2D eigenvalue weighted by Crippen LogP contribution is -2.24. The number of carbonyl (C=O) groups is 1. The lowest BCUT2D eigenvalue weighted by atomic mass is 10.1. The molecule has 0 radical (unpaired) electrons. The molecule has 0 fully saturated rings. The predicted octanol–water partition coefficient (Wildman–Crippen LogP) is 0.318. The van der Waals surface area contributed by atoms with Crippen LogP contribution in [0.2, 0.25) is 0 Å². The Labute approximate surface area is 111 Å². The number of hydrogen-bond acceptors (Lipinski definition) is 5. The second-order valence-electron chi connectivity index (χ2n) is 4.06. The lowest BCUT2D eigenvalue weighted by molar-refractivity contribution is 0.0698. The van der Waals surface area contributed by atoms with E-state index in [0.29, 0.717) is 24.3 Å². The average Bonchev–Trinajstić information content (AvgIpc) is 2.26. The van der Waals surface area contributed by atoms with E-state index in [1.54, 1.807) is 0 Å². The largest absolute Gasteiger partial charge is 0.478 e. The third-order valence-electron chi connectivity index (χ3n) is 2.31. The highest BCUT2D eigenvalue weighted by Crippen LogP contribution is 2.19. The molecule has 19 heavy (non-hydrogen) atoms. The first-order valence-corrected chi connectivity index (χ1v) is 7.50. The zero-order chi connectivity index (χ0) is 14.5. The summed E-state index contributed by atoms with van der Waals surface area (Å²) in [4.78, 5) is 11.0. The molecule has 0 saturated heterocycles. The SMILES string of the molecule is CS(=O)(=O)NCCCNc1cc(N)ccc1C(=O)O. The van der Waals surface area contributed by atoms with Crippen molar-refractivity contribution >= 4 is 27.4 Å². The van der Waals surface area contributed by atoms with Crippen LogP contribution in [0.1, 0.15) is 16.8 Å². The molecule has 0 aromatic heterocycles. The molecule has 7 nitrogen and oxygen atoms in total. The third-order valence-corrected chi connectivity index (χ3v) is 3.04. The van der Waals surface area contributed by atoms with Gasteiger partial charge in [-0.15, -0.1) is 0 Å². The van der Waals surface area contributed by atoms with Crippen molar-refractivity contribution in [2.75, 3.05) is 30.4 Å². The van der Waals surface area contributed by atoms with E-state index < -0.39 is 16.0 Å². The Morgan fingerprint density at radius 2 is 2.05 bits per heavy atom. The summed E-state index contributed by atoms with van der Waals surface area (Å²) in [6, 6.07) is 4.47. The molecule has 0 unspecified atom stereocenters. The smallest absolute Gasteiger partial charge is 0.337 e. The molecule has 5 N–H and O–H groups in total. The Morgan fingerprint density at radius 1 is 1.37 bits per heavy atom. The quantitative estimate of drug-likeness (QED) is 0.423. The van der Waals surface area contributed by atoms with Crippen LogP contribution in [0.4, 0.5) is 11.4 Å². The van der Waals surface area contributed by atoms with E-state index in [1.807, 2.05) is 0 Å². The molecule has 1 rings (SSSR count). The van der Waals surface area contributed by atoms with E-state index >= 15 is 0 Å². The number of aromatic carboxylic acids is 1. The fraction of sp³-hybridized carbons (Fsp3) is 0.364. The molecule has 8 heteroatoms. The molecule has 0 bridgehead atoms. The minimum Gasteiger partial charge on any atom is -0.478 e. The number of nitrogens with one attached hydrogen (secondary N) is 2. The van der Waals surface area contributed by atoms with Gasteiger partial charge in [0.25, 0.3) is 0 Å². The number of carboxylic acids is 1. The topological polar surface area (TPSA) is 122 Å². The summed E-state index contributed by atoms with van der Waals surface area (Å²) >= 11 is 0. The third kappa shape index (κ3) is 5.58. The van der Waals surface area contributed by atoms with Crippen molar-refractivity contribution in [3.63, 3.8) is 0 Å². The van der Waals surface area contributed by atoms with Crippen molar-refractivity contribution in [1.29, 1.82) is 0 Å². The predicted molar refractivity (Wildman–Crippen MR) is 73.8 cm³/mol. The molecule has 1 aromatic rings. The van der Waals surface area contributed by atoms with Crippen molar-refractivity contribution in [2.45, 2.75) is 6.42 Å². The van der Waals surface area contributed by atoms with E-state index in [2.05, 4.69) is 10.0 Å². The average molecular weight is 287 g/mol. The monoisotopic (exact) mass is 287 g/mol. The highest BCUT2D eigenvalue weighted by molar-refractivity contribution is 7.88. The van der Waals surface area contributed by atoms with Gasteiger partial charge < -0.3 is 16.2 Å². The maximum Gasteiger partial charge on any atom is 0.337 e. The summed E-state index contributed by atoms with van der Waals surface area (Å²) in [7, 11) is -3.19. The minimum atomic E-state index is -3.19. The molecule has 0 spiro atoms. The van der Waals surface area contributed by atoms with Crippen LogP contribution in [-0.4, -0.2) is 38.8 Å². The number of rotatable bonds is 7. The van der Waals surface area contributed by atoms with Crippen molar-refractivity contribution in [3.8, 4) is 0 Å². The number of nitrogen functional groups attached to an aromatic ring is 1. The van der Waals surface area contributed by atoms with E-state index in [-0.39, 0.29) is 12.1 Å². The van der Waals surface area contributed by atoms with Crippen LogP contribution in [0.5, 0.6) is 0 Å². The Kier molecular flexibility index (Phi) is 5.13. The van der Waals surface area contributed by atoms with Gasteiger partial charge in [0.15, 0.2) is 0 Å².